The maximum Gasteiger partial charge on any atom is 0.163 e. The Morgan fingerprint density at radius 3 is 0.905 bits per heavy atom. The van der Waals surface area contributed by atoms with Gasteiger partial charge >= 0.3 is 0 Å². The molecule has 84 heavy (non-hydrogen) atoms. The molecule has 0 bridgehead atoms. The van der Waals surface area contributed by atoms with Gasteiger partial charge in [-0.05, 0) is 146 Å². The first-order valence-electron chi connectivity index (χ1n) is 27.3. The van der Waals surface area contributed by atoms with Crippen molar-refractivity contribution in [2.45, 2.75) is 55.4 Å². The molecule has 0 atom stereocenters. The molecular formula is C67H49N17. The van der Waals surface area contributed by atoms with Crippen LogP contribution in [0, 0.1) is 66.7 Å². The van der Waals surface area contributed by atoms with Gasteiger partial charge in [-0.25, -0.2) is 69.8 Å². The molecule has 17 heteroatoms. The van der Waals surface area contributed by atoms with Crippen LogP contribution in [0.2, 0.25) is 0 Å². The number of benzene rings is 7. The number of hydrogen-bond acceptors (Lipinski definition) is 15. The predicted octanol–water partition coefficient (Wildman–Crippen LogP) is 13.4. The van der Waals surface area contributed by atoms with Crippen molar-refractivity contribution in [3.8, 4) is 96.9 Å². The van der Waals surface area contributed by atoms with Crippen LogP contribution in [-0.4, -0.2) is 78.9 Å². The van der Waals surface area contributed by atoms with E-state index in [1.54, 1.807) is 0 Å². The zero-order chi connectivity index (χ0) is 57.5. The Morgan fingerprint density at radius 1 is 0.286 bits per heavy atom. The van der Waals surface area contributed by atoms with Crippen LogP contribution >= 0.6 is 0 Å². The van der Waals surface area contributed by atoms with Crippen LogP contribution in [0.25, 0.3) is 134 Å². The number of nitrogens with zero attached hydrogens (tertiary/aromatic N) is 17. The third-order valence-electron chi connectivity index (χ3n) is 14.8. The van der Waals surface area contributed by atoms with Gasteiger partial charge in [0.1, 0.15) is 46.6 Å². The normalized spacial score (nSPS) is 11.6. The van der Waals surface area contributed by atoms with E-state index in [0.717, 1.165) is 82.6 Å². The summed E-state index contributed by atoms with van der Waals surface area (Å²) < 4.78 is 4.47. The van der Waals surface area contributed by atoms with Gasteiger partial charge in [0.2, 0.25) is 0 Å². The van der Waals surface area contributed by atoms with E-state index in [1.807, 2.05) is 140 Å². The Hall–Kier alpha value is -11.3. The Kier molecular flexibility index (Phi) is 12.2. The summed E-state index contributed by atoms with van der Waals surface area (Å²) in [4.78, 5) is 67.3. The predicted molar refractivity (Wildman–Crippen MR) is 325 cm³/mol. The highest BCUT2D eigenvalue weighted by atomic mass is 15.1. The van der Waals surface area contributed by atoms with Crippen molar-refractivity contribution in [3.05, 3.63) is 204 Å². The fourth-order valence-corrected chi connectivity index (χ4v) is 11.4. The Morgan fingerprint density at radius 2 is 0.583 bits per heavy atom. The molecule has 0 spiro atoms. The molecule has 0 aliphatic carbocycles. The van der Waals surface area contributed by atoms with Crippen LogP contribution < -0.4 is 0 Å². The molecule has 0 fully saturated rings. The van der Waals surface area contributed by atoms with E-state index in [9.17, 15) is 5.26 Å². The maximum absolute atomic E-state index is 11.4. The molecule has 0 aliphatic heterocycles. The fraction of sp³-hybridized carbons (Fsp3) is 0.119. The summed E-state index contributed by atoms with van der Waals surface area (Å²) in [6.45, 7) is 15.0. The first-order valence-corrected chi connectivity index (χ1v) is 27.3. The van der Waals surface area contributed by atoms with E-state index in [2.05, 4.69) is 102 Å². The summed E-state index contributed by atoms with van der Waals surface area (Å²) in [6.07, 6.45) is 0. The molecule has 0 radical (unpaired) electrons. The molecule has 402 valence electrons. The van der Waals surface area contributed by atoms with Crippen molar-refractivity contribution < 1.29 is 0 Å². The second kappa shape index (κ2) is 20.1. The third-order valence-corrected chi connectivity index (χ3v) is 14.8. The lowest BCUT2D eigenvalue weighted by molar-refractivity contribution is 0.928. The van der Waals surface area contributed by atoms with Crippen LogP contribution in [0.15, 0.2) is 152 Å². The highest BCUT2D eigenvalue weighted by Crippen LogP contribution is 2.45. The molecule has 0 saturated heterocycles. The lowest BCUT2D eigenvalue weighted by atomic mass is 10.00. The van der Waals surface area contributed by atoms with Gasteiger partial charge < -0.3 is 9.13 Å². The number of aryl methyl sites for hydroxylation is 8. The number of nitriles is 1. The summed E-state index contributed by atoms with van der Waals surface area (Å²) >= 11 is 0. The minimum absolute atomic E-state index is 0.412. The van der Waals surface area contributed by atoms with E-state index in [4.69, 9.17) is 49.8 Å². The first kappa shape index (κ1) is 50.9. The van der Waals surface area contributed by atoms with E-state index >= 15 is 0 Å². The minimum Gasteiger partial charge on any atom is -0.308 e. The van der Waals surface area contributed by atoms with E-state index < -0.39 is 0 Å². The SMILES string of the molecule is Cc1nc(C)nc(-c2ccc3c(c2)c2cc(-c4nc(C)nc(C)n4)ccc2n3-c2cc(C#N)cc(-n3c4ccc(-c5nc(C)nc(C)n5)cc4c4cc(-c5nc(C)nc(C)n5)ccc43)c2-c2cc(-c3ccccc3)nc(-c3ccccc3)n2)n1. The number of hydrogen-bond donors (Lipinski definition) is 0. The van der Waals surface area contributed by atoms with Gasteiger partial charge in [-0.3, -0.25) is 0 Å². The Labute approximate surface area is 481 Å². The topological polar surface area (TPSA) is 214 Å². The smallest absolute Gasteiger partial charge is 0.163 e. The molecule has 7 heterocycles. The highest BCUT2D eigenvalue weighted by Gasteiger charge is 2.27. The van der Waals surface area contributed by atoms with Crippen LogP contribution in [0.3, 0.4) is 0 Å². The average Bonchev–Trinajstić information content (AvgIpc) is 1.79. The Bertz CT molecular complexity index is 4480. The standard InChI is InChI=1S/C67H49N17/c1-35-69-36(2)74-64(73-35)46-19-23-56-50(29-46)51-30-47(65-75-37(3)70-38(4)76-65)20-24-57(51)83(56)60-27-43(34-68)28-61(62(60)55-33-54(44-15-11-9-12-16-44)81-63(82-55)45-17-13-10-14-18-45)84-58-25-21-48(66-77-39(5)71-40(6)78-66)31-52(58)53-32-49(22-26-59(53)84)67-79-41(7)72-42(8)80-67/h9-33H,1-8H3. The monoisotopic (exact) mass is 1090 g/mol. The van der Waals surface area contributed by atoms with Crippen LogP contribution in [0.1, 0.15) is 52.2 Å². The second-order valence-electron chi connectivity index (χ2n) is 20.8. The zero-order valence-electron chi connectivity index (χ0n) is 47.0. The molecule has 0 N–H and O–H groups in total. The van der Waals surface area contributed by atoms with Gasteiger partial charge in [-0.15, -0.1) is 0 Å². The molecule has 17 nitrogen and oxygen atoms in total. The van der Waals surface area contributed by atoms with Crippen molar-refractivity contribution in [2.24, 2.45) is 0 Å². The molecule has 7 aromatic heterocycles. The summed E-state index contributed by atoms with van der Waals surface area (Å²) in [5.74, 6) is 7.69. The highest BCUT2D eigenvalue weighted by molar-refractivity contribution is 6.14. The van der Waals surface area contributed by atoms with E-state index in [1.165, 1.54) is 0 Å². The lowest BCUT2D eigenvalue weighted by Gasteiger charge is -2.21. The molecule has 14 rings (SSSR count). The second-order valence-corrected chi connectivity index (χ2v) is 20.8. The Balaban J connectivity index is 1.14. The van der Waals surface area contributed by atoms with Crippen LogP contribution in [0.5, 0.6) is 0 Å². The number of fused-ring (bicyclic) bond motifs is 6. The third kappa shape index (κ3) is 9.08. The van der Waals surface area contributed by atoms with Crippen molar-refractivity contribution in [1.29, 1.82) is 5.26 Å². The summed E-state index contributed by atoms with van der Waals surface area (Å²) in [5, 5.41) is 15.1. The van der Waals surface area contributed by atoms with Crippen molar-refractivity contribution in [3.63, 3.8) is 0 Å². The fourth-order valence-electron chi connectivity index (χ4n) is 11.4. The van der Waals surface area contributed by atoms with Crippen molar-refractivity contribution in [2.75, 3.05) is 0 Å². The first-order chi connectivity index (χ1) is 40.8. The minimum atomic E-state index is 0.412. The van der Waals surface area contributed by atoms with Gasteiger partial charge in [0.25, 0.3) is 0 Å². The van der Waals surface area contributed by atoms with Crippen molar-refractivity contribution >= 4 is 43.6 Å². The van der Waals surface area contributed by atoms with E-state index in [0.29, 0.717) is 104 Å². The summed E-state index contributed by atoms with van der Waals surface area (Å²) in [5.41, 5.74) is 12.2. The summed E-state index contributed by atoms with van der Waals surface area (Å²) in [7, 11) is 0. The molecule has 7 aromatic carbocycles. The van der Waals surface area contributed by atoms with Crippen LogP contribution in [-0.2, 0) is 0 Å². The zero-order valence-corrected chi connectivity index (χ0v) is 47.0. The largest absolute Gasteiger partial charge is 0.308 e. The van der Waals surface area contributed by atoms with Gasteiger partial charge in [0.05, 0.1) is 56.5 Å². The molecule has 14 aromatic rings. The number of aromatic nitrogens is 16. The number of rotatable bonds is 9. The molecule has 0 amide bonds. The molecule has 0 aliphatic rings. The maximum atomic E-state index is 11.4. The van der Waals surface area contributed by atoms with Crippen LogP contribution in [0.4, 0.5) is 0 Å². The average molecular weight is 1090 g/mol. The summed E-state index contributed by atoms with van der Waals surface area (Å²) in [6, 6.07) is 53.8. The molecule has 0 saturated carbocycles. The molecular weight excluding hydrogens is 1040 g/mol. The van der Waals surface area contributed by atoms with Gasteiger partial charge in [-0.1, -0.05) is 60.7 Å². The van der Waals surface area contributed by atoms with E-state index in [-0.39, 0.29) is 0 Å². The van der Waals surface area contributed by atoms with Gasteiger partial charge in [0.15, 0.2) is 29.1 Å². The van der Waals surface area contributed by atoms with Gasteiger partial charge in [0, 0.05) is 60.5 Å². The lowest BCUT2D eigenvalue weighted by Crippen LogP contribution is -2.07. The van der Waals surface area contributed by atoms with Gasteiger partial charge in [-0.2, -0.15) is 5.26 Å². The van der Waals surface area contributed by atoms with Crippen molar-refractivity contribution in [1.82, 2.24) is 78.9 Å². The quantitative estimate of drug-likeness (QED) is 0.131. The molecule has 0 unspecified atom stereocenters.